The Morgan fingerprint density at radius 1 is 1.04 bits per heavy atom. The van der Waals surface area contributed by atoms with Gasteiger partial charge in [-0.3, -0.25) is 9.59 Å². The summed E-state index contributed by atoms with van der Waals surface area (Å²) in [6, 6.07) is 13.2. The van der Waals surface area contributed by atoms with E-state index in [0.717, 1.165) is 5.69 Å². The Balaban J connectivity index is 1.76. The highest BCUT2D eigenvalue weighted by Crippen LogP contribution is 2.10. The summed E-state index contributed by atoms with van der Waals surface area (Å²) in [6.45, 7) is 0.548. The van der Waals surface area contributed by atoms with Crippen molar-refractivity contribution in [2.24, 2.45) is 0 Å². The number of anilines is 1. The van der Waals surface area contributed by atoms with Crippen molar-refractivity contribution in [3.05, 3.63) is 54.5 Å². The standard InChI is InChI=1S/C17H21N3O3/c1-19(14-7-4-3-5-8-14)13-17(22)20(2)12-16(21)18-11-15-9-6-10-23-15/h3-10H,11-13H2,1-2H3,(H,18,21). The second kappa shape index (κ2) is 8.03. The van der Waals surface area contributed by atoms with Crippen LogP contribution in [-0.4, -0.2) is 43.9 Å². The molecule has 0 saturated heterocycles. The Kier molecular flexibility index (Phi) is 5.80. The monoisotopic (exact) mass is 315 g/mol. The molecule has 0 atom stereocenters. The van der Waals surface area contributed by atoms with E-state index in [1.165, 1.54) is 4.90 Å². The lowest BCUT2D eigenvalue weighted by Crippen LogP contribution is -2.42. The first-order valence-corrected chi connectivity index (χ1v) is 7.35. The van der Waals surface area contributed by atoms with Gasteiger partial charge in [0.15, 0.2) is 0 Å². The van der Waals surface area contributed by atoms with E-state index in [2.05, 4.69) is 5.32 Å². The molecular formula is C17H21N3O3. The Morgan fingerprint density at radius 3 is 2.43 bits per heavy atom. The third-order valence-corrected chi connectivity index (χ3v) is 3.42. The molecule has 2 aromatic rings. The molecule has 1 N–H and O–H groups in total. The molecule has 6 nitrogen and oxygen atoms in total. The molecule has 0 saturated carbocycles. The van der Waals surface area contributed by atoms with Crippen molar-refractivity contribution in [1.82, 2.24) is 10.2 Å². The number of para-hydroxylation sites is 1. The zero-order valence-electron chi connectivity index (χ0n) is 13.4. The van der Waals surface area contributed by atoms with Gasteiger partial charge in [0.25, 0.3) is 0 Å². The summed E-state index contributed by atoms with van der Waals surface area (Å²) in [6.07, 6.45) is 1.55. The van der Waals surface area contributed by atoms with Crippen LogP contribution in [0.1, 0.15) is 5.76 Å². The highest BCUT2D eigenvalue weighted by atomic mass is 16.3. The van der Waals surface area contributed by atoms with Gasteiger partial charge >= 0.3 is 0 Å². The van der Waals surface area contributed by atoms with Crippen molar-refractivity contribution in [2.45, 2.75) is 6.54 Å². The van der Waals surface area contributed by atoms with Gasteiger partial charge in [-0.05, 0) is 24.3 Å². The number of furan rings is 1. The molecule has 0 fully saturated rings. The van der Waals surface area contributed by atoms with Gasteiger partial charge in [-0.2, -0.15) is 0 Å². The Morgan fingerprint density at radius 2 is 1.78 bits per heavy atom. The van der Waals surface area contributed by atoms with Crippen LogP contribution in [0, 0.1) is 0 Å². The van der Waals surface area contributed by atoms with E-state index in [0.29, 0.717) is 12.3 Å². The summed E-state index contributed by atoms with van der Waals surface area (Å²) in [5.41, 5.74) is 0.955. The number of carbonyl (C=O) groups excluding carboxylic acids is 2. The number of carbonyl (C=O) groups is 2. The lowest BCUT2D eigenvalue weighted by atomic mass is 10.3. The first-order chi connectivity index (χ1) is 11.1. The van der Waals surface area contributed by atoms with Crippen LogP contribution in [0.15, 0.2) is 53.1 Å². The maximum absolute atomic E-state index is 12.2. The van der Waals surface area contributed by atoms with Gasteiger partial charge in [-0.25, -0.2) is 0 Å². The van der Waals surface area contributed by atoms with Crippen molar-refractivity contribution >= 4 is 17.5 Å². The van der Waals surface area contributed by atoms with Gasteiger partial charge in [0.1, 0.15) is 5.76 Å². The Bertz CT molecular complexity index is 626. The molecule has 122 valence electrons. The summed E-state index contributed by atoms with van der Waals surface area (Å²) < 4.78 is 5.14. The van der Waals surface area contributed by atoms with Gasteiger partial charge in [-0.15, -0.1) is 0 Å². The van der Waals surface area contributed by atoms with E-state index in [1.807, 2.05) is 42.3 Å². The fraction of sp³-hybridized carbons (Fsp3) is 0.294. The van der Waals surface area contributed by atoms with Crippen molar-refractivity contribution < 1.29 is 14.0 Å². The topological polar surface area (TPSA) is 65.8 Å². The van der Waals surface area contributed by atoms with Crippen molar-refractivity contribution in [3.63, 3.8) is 0 Å². The van der Waals surface area contributed by atoms with Crippen LogP contribution in [0.4, 0.5) is 5.69 Å². The average molecular weight is 315 g/mol. The van der Waals surface area contributed by atoms with Gasteiger partial charge in [0, 0.05) is 19.8 Å². The largest absolute Gasteiger partial charge is 0.467 e. The summed E-state index contributed by atoms with van der Waals surface area (Å²) >= 11 is 0. The second-order valence-electron chi connectivity index (χ2n) is 5.30. The van der Waals surface area contributed by atoms with Crippen LogP contribution >= 0.6 is 0 Å². The number of nitrogens with zero attached hydrogens (tertiary/aromatic N) is 2. The van der Waals surface area contributed by atoms with Crippen LogP contribution in [0.3, 0.4) is 0 Å². The molecule has 6 heteroatoms. The number of likely N-dealkylation sites (N-methyl/N-ethyl adjacent to an activating group) is 2. The number of hydrogen-bond acceptors (Lipinski definition) is 4. The number of hydrogen-bond donors (Lipinski definition) is 1. The number of amides is 2. The SMILES string of the molecule is CN(CC(=O)NCc1ccco1)C(=O)CN(C)c1ccccc1. The van der Waals surface area contributed by atoms with E-state index in [-0.39, 0.29) is 24.9 Å². The first kappa shape index (κ1) is 16.6. The van der Waals surface area contributed by atoms with Crippen LogP contribution in [0.25, 0.3) is 0 Å². The molecule has 0 bridgehead atoms. The average Bonchev–Trinajstić information content (AvgIpc) is 3.07. The molecule has 2 rings (SSSR count). The molecule has 0 radical (unpaired) electrons. The Labute approximate surface area is 135 Å². The smallest absolute Gasteiger partial charge is 0.242 e. The van der Waals surface area contributed by atoms with Crippen LogP contribution < -0.4 is 10.2 Å². The summed E-state index contributed by atoms with van der Waals surface area (Å²) in [7, 11) is 3.46. The predicted molar refractivity (Wildman–Crippen MR) is 87.9 cm³/mol. The summed E-state index contributed by atoms with van der Waals surface area (Å²) in [5.74, 6) is 0.334. The second-order valence-corrected chi connectivity index (χ2v) is 5.30. The van der Waals surface area contributed by atoms with Crippen molar-refractivity contribution in [2.75, 3.05) is 32.1 Å². The van der Waals surface area contributed by atoms with Crippen molar-refractivity contribution in [3.8, 4) is 0 Å². The quantitative estimate of drug-likeness (QED) is 0.841. The summed E-state index contributed by atoms with van der Waals surface area (Å²) in [5, 5.41) is 2.72. The molecular weight excluding hydrogens is 294 g/mol. The third-order valence-electron chi connectivity index (χ3n) is 3.42. The molecule has 0 unspecified atom stereocenters. The molecule has 1 aromatic carbocycles. The van der Waals surface area contributed by atoms with Gasteiger partial charge in [0.2, 0.25) is 11.8 Å². The highest BCUT2D eigenvalue weighted by molar-refractivity contribution is 5.86. The highest BCUT2D eigenvalue weighted by Gasteiger charge is 2.15. The number of benzene rings is 1. The minimum atomic E-state index is -0.223. The minimum Gasteiger partial charge on any atom is -0.467 e. The molecule has 0 spiro atoms. The van der Waals surface area contributed by atoms with E-state index >= 15 is 0 Å². The van der Waals surface area contributed by atoms with Crippen molar-refractivity contribution in [1.29, 1.82) is 0 Å². The molecule has 0 aliphatic rings. The number of nitrogens with one attached hydrogen (secondary N) is 1. The third kappa shape index (κ3) is 5.18. The zero-order chi connectivity index (χ0) is 16.7. The van der Waals surface area contributed by atoms with Gasteiger partial charge in [-0.1, -0.05) is 18.2 Å². The zero-order valence-corrected chi connectivity index (χ0v) is 13.4. The molecule has 0 aliphatic carbocycles. The van der Waals surface area contributed by atoms with Crippen LogP contribution in [0.2, 0.25) is 0 Å². The maximum atomic E-state index is 12.2. The van der Waals surface area contributed by atoms with E-state index in [4.69, 9.17) is 4.42 Å². The van der Waals surface area contributed by atoms with Crippen LogP contribution in [0.5, 0.6) is 0 Å². The predicted octanol–water partition coefficient (Wildman–Crippen LogP) is 1.49. The Hall–Kier alpha value is -2.76. The fourth-order valence-corrected chi connectivity index (χ4v) is 2.06. The molecule has 2 amide bonds. The lowest BCUT2D eigenvalue weighted by molar-refractivity contribution is -0.133. The normalized spacial score (nSPS) is 10.2. The van der Waals surface area contributed by atoms with Gasteiger partial charge in [0.05, 0.1) is 25.9 Å². The minimum absolute atomic E-state index is 0.0160. The molecule has 23 heavy (non-hydrogen) atoms. The van der Waals surface area contributed by atoms with E-state index < -0.39 is 0 Å². The number of rotatable bonds is 7. The molecule has 0 aliphatic heterocycles. The lowest BCUT2D eigenvalue weighted by Gasteiger charge is -2.23. The maximum Gasteiger partial charge on any atom is 0.242 e. The molecule has 1 aromatic heterocycles. The van der Waals surface area contributed by atoms with E-state index in [9.17, 15) is 9.59 Å². The first-order valence-electron chi connectivity index (χ1n) is 7.35. The van der Waals surface area contributed by atoms with Gasteiger partial charge < -0.3 is 19.5 Å². The summed E-state index contributed by atoms with van der Waals surface area (Å²) in [4.78, 5) is 27.3. The fourth-order valence-electron chi connectivity index (χ4n) is 2.06. The van der Waals surface area contributed by atoms with E-state index in [1.54, 1.807) is 25.4 Å². The van der Waals surface area contributed by atoms with Crippen LogP contribution in [-0.2, 0) is 16.1 Å². The molecule has 1 heterocycles.